The average Bonchev–Trinajstić information content (AvgIpc) is 3.13. The van der Waals surface area contributed by atoms with E-state index in [2.05, 4.69) is 15.4 Å². The quantitative estimate of drug-likeness (QED) is 0.430. The van der Waals surface area contributed by atoms with Crippen LogP contribution in [0.2, 0.25) is 0 Å². The van der Waals surface area contributed by atoms with Crippen molar-refractivity contribution in [1.82, 2.24) is 15.4 Å². The predicted octanol–water partition coefficient (Wildman–Crippen LogP) is 2.14. The normalized spacial score (nSPS) is 12.5. The third-order valence-corrected chi connectivity index (χ3v) is 5.63. The second kappa shape index (κ2) is 7.04. The third-order valence-electron chi connectivity index (χ3n) is 3.60. The molecule has 3 rings (SSSR count). The van der Waals surface area contributed by atoms with E-state index in [0.717, 1.165) is 6.20 Å². The van der Waals surface area contributed by atoms with Gasteiger partial charge in [-0.25, -0.2) is 0 Å². The first kappa shape index (κ1) is 18.9. The van der Waals surface area contributed by atoms with E-state index in [1.54, 1.807) is 30.3 Å². The van der Waals surface area contributed by atoms with Crippen LogP contribution >= 0.6 is 0 Å². The van der Waals surface area contributed by atoms with Crippen LogP contribution in [0.3, 0.4) is 0 Å². The van der Waals surface area contributed by atoms with E-state index in [9.17, 15) is 25.9 Å². The van der Waals surface area contributed by atoms with Gasteiger partial charge in [-0.3, -0.25) is 9.11 Å². The molecular formula is C16H13N3O6S2. The molecule has 0 aliphatic heterocycles. The molecule has 3 N–H and O–H groups in total. The molecule has 0 saturated carbocycles. The zero-order chi connectivity index (χ0) is 19.7. The van der Waals surface area contributed by atoms with Crippen molar-refractivity contribution in [2.45, 2.75) is 9.79 Å². The van der Waals surface area contributed by atoms with Gasteiger partial charge in [0, 0.05) is 5.56 Å². The zero-order valence-corrected chi connectivity index (χ0v) is 15.1. The second-order valence-electron chi connectivity index (χ2n) is 5.41. The first-order chi connectivity index (χ1) is 12.7. The summed E-state index contributed by atoms with van der Waals surface area (Å²) in [6, 6.07) is 11.4. The van der Waals surface area contributed by atoms with E-state index in [-0.39, 0.29) is 16.8 Å². The Hall–Kier alpha value is -2.86. The Kier molecular flexibility index (Phi) is 4.93. The molecule has 1 aromatic heterocycles. The molecule has 0 fully saturated rings. The SMILES string of the molecule is O=S(=O)(O)c1c(C=Cc2ccccc2)ccc(-c2cn[nH]n2)c1S(=O)(=O)O. The Morgan fingerprint density at radius 2 is 1.52 bits per heavy atom. The minimum Gasteiger partial charge on any atom is -0.282 e. The van der Waals surface area contributed by atoms with Crippen molar-refractivity contribution in [3.05, 3.63) is 59.8 Å². The highest BCUT2D eigenvalue weighted by molar-refractivity contribution is 7.89. The van der Waals surface area contributed by atoms with Crippen LogP contribution in [-0.4, -0.2) is 41.4 Å². The maximum Gasteiger partial charge on any atom is 0.296 e. The van der Waals surface area contributed by atoms with E-state index < -0.39 is 30.0 Å². The van der Waals surface area contributed by atoms with Gasteiger partial charge in [0.1, 0.15) is 15.5 Å². The maximum absolute atomic E-state index is 12.0. The van der Waals surface area contributed by atoms with E-state index in [4.69, 9.17) is 0 Å². The molecule has 0 atom stereocenters. The fraction of sp³-hybridized carbons (Fsp3) is 0. The average molecular weight is 407 g/mol. The topological polar surface area (TPSA) is 150 Å². The lowest BCUT2D eigenvalue weighted by Crippen LogP contribution is -2.12. The van der Waals surface area contributed by atoms with Crippen molar-refractivity contribution in [1.29, 1.82) is 0 Å². The van der Waals surface area contributed by atoms with Crippen LogP contribution in [0.5, 0.6) is 0 Å². The van der Waals surface area contributed by atoms with Gasteiger partial charge in [-0.2, -0.15) is 32.2 Å². The van der Waals surface area contributed by atoms with Gasteiger partial charge >= 0.3 is 0 Å². The highest BCUT2D eigenvalue weighted by Crippen LogP contribution is 2.34. The number of aromatic nitrogens is 3. The van der Waals surface area contributed by atoms with E-state index in [1.807, 2.05) is 0 Å². The number of rotatable bonds is 5. The van der Waals surface area contributed by atoms with E-state index >= 15 is 0 Å². The summed E-state index contributed by atoms with van der Waals surface area (Å²) < 4.78 is 67.1. The smallest absolute Gasteiger partial charge is 0.282 e. The molecule has 3 aromatic rings. The minimum atomic E-state index is -5.03. The molecule has 0 aliphatic rings. The van der Waals surface area contributed by atoms with Gasteiger partial charge in [-0.05, 0) is 11.1 Å². The number of aromatic amines is 1. The van der Waals surface area contributed by atoms with Gasteiger partial charge in [0.25, 0.3) is 20.2 Å². The summed E-state index contributed by atoms with van der Waals surface area (Å²) in [4.78, 5) is -1.92. The fourth-order valence-electron chi connectivity index (χ4n) is 2.51. The summed E-state index contributed by atoms with van der Waals surface area (Å²) in [6.07, 6.45) is 4.00. The van der Waals surface area contributed by atoms with Crippen LogP contribution < -0.4 is 0 Å². The summed E-state index contributed by atoms with van der Waals surface area (Å²) in [5, 5.41) is 9.50. The second-order valence-corrected chi connectivity index (χ2v) is 8.13. The lowest BCUT2D eigenvalue weighted by molar-refractivity contribution is 0.466. The highest BCUT2D eigenvalue weighted by atomic mass is 32.2. The molecule has 0 radical (unpaired) electrons. The predicted molar refractivity (Wildman–Crippen MR) is 96.8 cm³/mol. The van der Waals surface area contributed by atoms with Crippen LogP contribution in [0.4, 0.5) is 0 Å². The molecule has 11 heteroatoms. The van der Waals surface area contributed by atoms with Crippen molar-refractivity contribution < 1.29 is 25.9 Å². The van der Waals surface area contributed by atoms with Gasteiger partial charge in [0.05, 0.1) is 6.20 Å². The molecular weight excluding hydrogens is 394 g/mol. The van der Waals surface area contributed by atoms with Gasteiger partial charge in [-0.1, -0.05) is 54.6 Å². The third kappa shape index (κ3) is 4.11. The van der Waals surface area contributed by atoms with Crippen molar-refractivity contribution in [2.24, 2.45) is 0 Å². The van der Waals surface area contributed by atoms with Crippen molar-refractivity contribution in [2.75, 3.05) is 0 Å². The number of nitrogens with one attached hydrogen (secondary N) is 1. The monoisotopic (exact) mass is 407 g/mol. The number of H-pyrrole nitrogens is 1. The first-order valence-electron chi connectivity index (χ1n) is 7.39. The Balaban J connectivity index is 2.32. The van der Waals surface area contributed by atoms with Crippen LogP contribution in [0.15, 0.2) is 58.5 Å². The fourth-order valence-corrected chi connectivity index (χ4v) is 4.73. The van der Waals surface area contributed by atoms with Gasteiger partial charge in [-0.15, -0.1) is 0 Å². The summed E-state index contributed by atoms with van der Waals surface area (Å²) >= 11 is 0. The summed E-state index contributed by atoms with van der Waals surface area (Å²) in [7, 11) is -10.0. The summed E-state index contributed by atoms with van der Waals surface area (Å²) in [6.45, 7) is 0. The maximum atomic E-state index is 12.0. The molecule has 2 aromatic carbocycles. The van der Waals surface area contributed by atoms with Crippen LogP contribution in [0.25, 0.3) is 23.4 Å². The number of hydrogen-bond acceptors (Lipinski definition) is 6. The largest absolute Gasteiger partial charge is 0.296 e. The molecule has 0 spiro atoms. The van der Waals surface area contributed by atoms with Crippen molar-refractivity contribution >= 4 is 32.4 Å². The van der Waals surface area contributed by atoms with E-state index in [0.29, 0.717) is 5.56 Å². The molecule has 0 aliphatic carbocycles. The lowest BCUT2D eigenvalue weighted by Gasteiger charge is -2.12. The van der Waals surface area contributed by atoms with Gasteiger partial charge in [0.15, 0.2) is 0 Å². The molecule has 0 amide bonds. The minimum absolute atomic E-state index is 0.0221. The Labute approximate surface area is 154 Å². The number of nitrogens with zero attached hydrogens (tertiary/aromatic N) is 2. The molecule has 9 nitrogen and oxygen atoms in total. The van der Waals surface area contributed by atoms with Gasteiger partial charge in [0.2, 0.25) is 0 Å². The van der Waals surface area contributed by atoms with Crippen LogP contribution in [0, 0.1) is 0 Å². The molecule has 0 bridgehead atoms. The molecule has 1 heterocycles. The first-order valence-corrected chi connectivity index (χ1v) is 10.3. The Bertz CT molecular complexity index is 1200. The Morgan fingerprint density at radius 1 is 0.852 bits per heavy atom. The zero-order valence-electron chi connectivity index (χ0n) is 13.5. The van der Waals surface area contributed by atoms with Crippen molar-refractivity contribution in [3.63, 3.8) is 0 Å². The highest BCUT2D eigenvalue weighted by Gasteiger charge is 2.31. The molecule has 140 valence electrons. The summed E-state index contributed by atoms with van der Waals surface area (Å²) in [5.74, 6) is 0. The number of hydrogen-bond donors (Lipinski definition) is 3. The van der Waals surface area contributed by atoms with E-state index in [1.165, 1.54) is 24.3 Å². The van der Waals surface area contributed by atoms with Crippen molar-refractivity contribution in [3.8, 4) is 11.3 Å². The molecule has 27 heavy (non-hydrogen) atoms. The Morgan fingerprint density at radius 3 is 2.07 bits per heavy atom. The van der Waals surface area contributed by atoms with Crippen LogP contribution in [-0.2, 0) is 20.2 Å². The molecule has 0 saturated heterocycles. The molecule has 0 unspecified atom stereocenters. The standard InChI is InChI=1S/C16H13N3O6S2/c20-26(21,22)15-12(7-6-11-4-2-1-3-5-11)8-9-13(14-10-17-19-18-14)16(15)27(23,24)25/h1-10H,(H,17,18,19)(H,20,21,22)(H,23,24,25). The van der Waals surface area contributed by atoms with Crippen LogP contribution in [0.1, 0.15) is 11.1 Å². The number of benzene rings is 2. The van der Waals surface area contributed by atoms with Gasteiger partial charge < -0.3 is 0 Å². The lowest BCUT2D eigenvalue weighted by atomic mass is 10.1. The summed E-state index contributed by atoms with van der Waals surface area (Å²) in [5.41, 5.74) is 0.343.